The van der Waals surface area contributed by atoms with Gasteiger partial charge in [0.15, 0.2) is 0 Å². The van der Waals surface area contributed by atoms with E-state index in [1.165, 1.54) is 0 Å². The molecule has 3 atom stereocenters. The second kappa shape index (κ2) is 8.06. The summed E-state index contributed by atoms with van der Waals surface area (Å²) in [5.41, 5.74) is 6.60. The summed E-state index contributed by atoms with van der Waals surface area (Å²) >= 11 is 0. The molecule has 0 heterocycles. The molecule has 3 heteroatoms. The van der Waals surface area contributed by atoms with E-state index in [2.05, 4.69) is 39.5 Å². The van der Waals surface area contributed by atoms with Gasteiger partial charge in [-0.25, -0.2) is 0 Å². The van der Waals surface area contributed by atoms with Crippen molar-refractivity contribution in [3.05, 3.63) is 0 Å². The van der Waals surface area contributed by atoms with Crippen molar-refractivity contribution in [1.82, 2.24) is 4.90 Å². The third kappa shape index (κ3) is 4.23. The molecule has 0 saturated heterocycles. The van der Waals surface area contributed by atoms with Gasteiger partial charge in [0.1, 0.15) is 0 Å². The van der Waals surface area contributed by atoms with E-state index in [0.29, 0.717) is 5.92 Å². The summed E-state index contributed by atoms with van der Waals surface area (Å²) in [4.78, 5) is 2.49. The Morgan fingerprint density at radius 2 is 1.76 bits per heavy atom. The van der Waals surface area contributed by atoms with E-state index in [9.17, 15) is 0 Å². The predicted molar refractivity (Wildman–Crippen MR) is 75.2 cm³/mol. The molecule has 0 aliphatic heterocycles. The molecule has 0 rings (SSSR count). The Bertz CT molecular complexity index is 195. The fourth-order valence-electron chi connectivity index (χ4n) is 2.71. The van der Waals surface area contributed by atoms with Crippen LogP contribution in [0.25, 0.3) is 0 Å². The topological polar surface area (TPSA) is 38.5 Å². The summed E-state index contributed by atoms with van der Waals surface area (Å²) in [6.45, 7) is 14.1. The minimum absolute atomic E-state index is 0.0939. The van der Waals surface area contributed by atoms with Gasteiger partial charge in [-0.2, -0.15) is 0 Å². The average Bonchev–Trinajstić information content (AvgIpc) is 2.35. The van der Waals surface area contributed by atoms with Gasteiger partial charge >= 0.3 is 0 Å². The second-order valence-corrected chi connectivity index (χ2v) is 5.17. The van der Waals surface area contributed by atoms with Crippen LogP contribution in [0.2, 0.25) is 0 Å². The third-order valence-corrected chi connectivity index (χ3v) is 4.31. The van der Waals surface area contributed by atoms with Gasteiger partial charge in [0.2, 0.25) is 0 Å². The van der Waals surface area contributed by atoms with Crippen molar-refractivity contribution in [3.63, 3.8) is 0 Å². The molecule has 2 N–H and O–H groups in total. The Labute approximate surface area is 108 Å². The van der Waals surface area contributed by atoms with Crippen LogP contribution in [0.4, 0.5) is 0 Å². The van der Waals surface area contributed by atoms with Crippen LogP contribution in [0.3, 0.4) is 0 Å². The molecule has 17 heavy (non-hydrogen) atoms. The molecule has 0 spiro atoms. The lowest BCUT2D eigenvalue weighted by Crippen LogP contribution is -2.60. The summed E-state index contributed by atoms with van der Waals surface area (Å²) in [5, 5.41) is 0. The Hall–Kier alpha value is -0.120. The maximum atomic E-state index is 6.50. The first-order chi connectivity index (χ1) is 7.97. The lowest BCUT2D eigenvalue weighted by Gasteiger charge is -2.46. The van der Waals surface area contributed by atoms with E-state index in [0.717, 1.165) is 32.5 Å². The number of nitrogens with two attached hydrogens (primary N) is 1. The first kappa shape index (κ1) is 16.9. The highest BCUT2D eigenvalue weighted by molar-refractivity contribution is 4.96. The van der Waals surface area contributed by atoms with Gasteiger partial charge in [0, 0.05) is 25.3 Å². The van der Waals surface area contributed by atoms with E-state index < -0.39 is 0 Å². The minimum Gasteiger partial charge on any atom is -0.385 e. The van der Waals surface area contributed by atoms with E-state index in [4.69, 9.17) is 10.5 Å². The average molecular weight is 244 g/mol. The Morgan fingerprint density at radius 3 is 2.12 bits per heavy atom. The maximum Gasteiger partial charge on any atom is 0.0465 e. The molecule has 0 fully saturated rings. The van der Waals surface area contributed by atoms with Crippen LogP contribution in [0.1, 0.15) is 47.5 Å². The summed E-state index contributed by atoms with van der Waals surface area (Å²) < 4.78 is 5.15. The first-order valence-electron chi connectivity index (χ1n) is 6.97. The second-order valence-electron chi connectivity index (χ2n) is 5.17. The summed E-state index contributed by atoms with van der Waals surface area (Å²) in [6, 6.07) is 0.197. The molecule has 0 aliphatic rings. The molecule has 104 valence electrons. The highest BCUT2D eigenvalue weighted by Gasteiger charge is 2.37. The van der Waals surface area contributed by atoms with Gasteiger partial charge in [-0.1, -0.05) is 27.7 Å². The molecule has 0 aromatic rings. The lowest BCUT2D eigenvalue weighted by molar-refractivity contribution is 0.0571. The molecule has 0 aromatic carbocycles. The summed E-state index contributed by atoms with van der Waals surface area (Å²) in [6.07, 6.45) is 2.13. The number of likely N-dealkylation sites (N-methyl/N-ethyl adjacent to an activating group) is 1. The van der Waals surface area contributed by atoms with Crippen LogP contribution < -0.4 is 5.73 Å². The molecule has 0 aromatic heterocycles. The normalized spacial score (nSPS) is 19.1. The fourth-order valence-corrected chi connectivity index (χ4v) is 2.71. The summed E-state index contributed by atoms with van der Waals surface area (Å²) in [7, 11) is 1.75. The highest BCUT2D eigenvalue weighted by atomic mass is 16.5. The van der Waals surface area contributed by atoms with E-state index in [1.54, 1.807) is 7.11 Å². The smallest absolute Gasteiger partial charge is 0.0465 e. The van der Waals surface area contributed by atoms with Gasteiger partial charge in [-0.15, -0.1) is 0 Å². The molecule has 3 unspecified atom stereocenters. The number of rotatable bonds is 9. The number of nitrogens with zero attached hydrogens (tertiary/aromatic N) is 1. The summed E-state index contributed by atoms with van der Waals surface area (Å²) in [5.74, 6) is 0.487. The Morgan fingerprint density at radius 1 is 1.24 bits per heavy atom. The van der Waals surface area contributed by atoms with Crippen molar-refractivity contribution in [1.29, 1.82) is 0 Å². The van der Waals surface area contributed by atoms with Gasteiger partial charge in [0.05, 0.1) is 0 Å². The lowest BCUT2D eigenvalue weighted by atomic mass is 9.79. The maximum absolute atomic E-state index is 6.50. The van der Waals surface area contributed by atoms with Crippen molar-refractivity contribution in [2.24, 2.45) is 11.7 Å². The molecular weight excluding hydrogens is 212 g/mol. The van der Waals surface area contributed by atoms with Crippen LogP contribution in [0, 0.1) is 5.92 Å². The molecule has 0 radical (unpaired) electrons. The van der Waals surface area contributed by atoms with Gasteiger partial charge in [-0.3, -0.25) is 4.90 Å². The Balaban J connectivity index is 4.70. The first-order valence-corrected chi connectivity index (χ1v) is 6.97. The van der Waals surface area contributed by atoms with Crippen molar-refractivity contribution in [2.45, 2.75) is 59.0 Å². The van der Waals surface area contributed by atoms with Crippen LogP contribution in [-0.4, -0.2) is 43.3 Å². The molecular formula is C14H32N2O. The monoisotopic (exact) mass is 244 g/mol. The van der Waals surface area contributed by atoms with Gasteiger partial charge in [0.25, 0.3) is 0 Å². The quantitative estimate of drug-likeness (QED) is 0.677. The SMILES string of the molecule is CCN(CC)C(C)(CC)C(N)C(C)CCOC. The van der Waals surface area contributed by atoms with Crippen molar-refractivity contribution < 1.29 is 4.74 Å². The van der Waals surface area contributed by atoms with Crippen LogP contribution in [0.15, 0.2) is 0 Å². The zero-order valence-corrected chi connectivity index (χ0v) is 12.6. The van der Waals surface area contributed by atoms with Crippen LogP contribution >= 0.6 is 0 Å². The zero-order valence-electron chi connectivity index (χ0n) is 12.6. The van der Waals surface area contributed by atoms with Gasteiger partial charge in [-0.05, 0) is 38.8 Å². The molecule has 0 bridgehead atoms. The number of hydrogen-bond acceptors (Lipinski definition) is 3. The molecule has 0 saturated carbocycles. The van der Waals surface area contributed by atoms with Crippen molar-refractivity contribution in [3.8, 4) is 0 Å². The molecule has 0 aliphatic carbocycles. The van der Waals surface area contributed by atoms with Crippen LogP contribution in [0.5, 0.6) is 0 Å². The van der Waals surface area contributed by atoms with Crippen molar-refractivity contribution in [2.75, 3.05) is 26.8 Å². The third-order valence-electron chi connectivity index (χ3n) is 4.31. The van der Waals surface area contributed by atoms with E-state index in [1.807, 2.05) is 0 Å². The van der Waals surface area contributed by atoms with E-state index >= 15 is 0 Å². The fraction of sp³-hybridized carbons (Fsp3) is 1.00. The van der Waals surface area contributed by atoms with E-state index in [-0.39, 0.29) is 11.6 Å². The molecule has 0 amide bonds. The molecule has 3 nitrogen and oxygen atoms in total. The van der Waals surface area contributed by atoms with Gasteiger partial charge < -0.3 is 10.5 Å². The standard InChI is InChI=1S/C14H32N2O/c1-7-14(5,16(8-2)9-3)13(15)12(4)10-11-17-6/h12-13H,7-11,15H2,1-6H3. The zero-order chi connectivity index (χ0) is 13.5. The largest absolute Gasteiger partial charge is 0.385 e. The van der Waals surface area contributed by atoms with Crippen LogP contribution in [-0.2, 0) is 4.74 Å². The minimum atomic E-state index is 0.0939. The highest BCUT2D eigenvalue weighted by Crippen LogP contribution is 2.27. The number of methoxy groups -OCH3 is 1. The predicted octanol–water partition coefficient (Wildman–Crippen LogP) is 2.50. The van der Waals surface area contributed by atoms with Crippen molar-refractivity contribution >= 4 is 0 Å². The Kier molecular flexibility index (Phi) is 8.01. The number of hydrogen-bond donors (Lipinski definition) is 1. The number of ether oxygens (including phenoxy) is 1.